The number of carbonyl (C=O) groups excluding carboxylic acids is 2. The van der Waals surface area contributed by atoms with Crippen molar-refractivity contribution in [1.82, 2.24) is 0 Å². The second-order valence-corrected chi connectivity index (χ2v) is 3.85. The van der Waals surface area contributed by atoms with Gasteiger partial charge in [0.1, 0.15) is 26.2 Å². The molecule has 0 aromatic heterocycles. The maximum absolute atomic E-state index is 11.3. The van der Waals surface area contributed by atoms with Crippen LogP contribution in [0.3, 0.4) is 0 Å². The van der Waals surface area contributed by atoms with E-state index in [2.05, 4.69) is 0 Å². The van der Waals surface area contributed by atoms with Crippen LogP contribution in [0.15, 0.2) is 12.2 Å². The summed E-state index contributed by atoms with van der Waals surface area (Å²) in [5.74, 6) is 0. The Bertz CT molecular complexity index is 310. The lowest BCUT2D eigenvalue weighted by molar-refractivity contribution is -1.43. The smallest absolute Gasteiger partial charge is 0.308 e. The van der Waals surface area contributed by atoms with Crippen LogP contribution in [0.5, 0.6) is 0 Å². The first kappa shape index (κ1) is 12.7. The minimum atomic E-state index is -1.38. The van der Waals surface area contributed by atoms with Gasteiger partial charge in [0.25, 0.3) is 0 Å². The van der Waals surface area contributed by atoms with Gasteiger partial charge in [0.15, 0.2) is 0 Å². The molecular formula is C10H16N2O4. The Morgan fingerprint density at radius 2 is 1.31 bits per heavy atom. The summed E-state index contributed by atoms with van der Waals surface area (Å²) in [7, 11) is 0. The molecule has 2 atom stereocenters. The lowest BCUT2D eigenvalue weighted by Crippen LogP contribution is -2.82. The van der Waals surface area contributed by atoms with E-state index in [1.807, 2.05) is 0 Å². The summed E-state index contributed by atoms with van der Waals surface area (Å²) >= 11 is 0. The zero-order chi connectivity index (χ0) is 12.4. The van der Waals surface area contributed by atoms with Crippen LogP contribution in [0, 0.1) is 0 Å². The summed E-state index contributed by atoms with van der Waals surface area (Å²) in [5, 5.41) is 22.6. The number of hydrogen-bond acceptors (Lipinski definition) is 4. The van der Waals surface area contributed by atoms with Crippen molar-refractivity contribution in [3.8, 4) is 0 Å². The molecule has 0 bridgehead atoms. The number of carbonyl (C=O) groups is 2. The molecule has 6 nitrogen and oxygen atoms in total. The van der Waals surface area contributed by atoms with Gasteiger partial charge in [0.05, 0.1) is 0 Å². The lowest BCUT2D eigenvalue weighted by Gasteiger charge is -2.51. The number of quaternary nitrogens is 2. The van der Waals surface area contributed by atoms with Crippen molar-refractivity contribution < 1.29 is 29.0 Å². The number of hydrogen-bond donors (Lipinski definition) is 0. The summed E-state index contributed by atoms with van der Waals surface area (Å²) < 4.78 is -1.29. The highest BCUT2D eigenvalue weighted by molar-refractivity contribution is 5.58. The van der Waals surface area contributed by atoms with E-state index < -0.39 is 21.4 Å². The van der Waals surface area contributed by atoms with Crippen LogP contribution in [0.4, 0.5) is 9.59 Å². The number of likely N-dealkylation sites (N-methyl/N-ethyl adjacent to an activating group) is 2. The van der Waals surface area contributed by atoms with E-state index in [1.165, 1.54) is 0 Å². The molecule has 0 aromatic carbocycles. The van der Waals surface area contributed by atoms with Crippen molar-refractivity contribution in [2.75, 3.05) is 26.2 Å². The second kappa shape index (κ2) is 4.23. The highest BCUT2D eigenvalue weighted by Gasteiger charge is 2.53. The summed E-state index contributed by atoms with van der Waals surface area (Å²) in [6, 6.07) is 0. The molecule has 0 fully saturated rings. The average Bonchev–Trinajstić information content (AvgIpc) is 2.27. The molecule has 2 amide bonds. The van der Waals surface area contributed by atoms with Gasteiger partial charge < -0.3 is 19.8 Å². The second-order valence-electron chi connectivity index (χ2n) is 3.85. The van der Waals surface area contributed by atoms with E-state index in [9.17, 15) is 19.8 Å². The summed E-state index contributed by atoms with van der Waals surface area (Å²) in [4.78, 5) is 22.6. The van der Waals surface area contributed by atoms with Crippen LogP contribution >= 0.6 is 0 Å². The summed E-state index contributed by atoms with van der Waals surface area (Å²) in [6.07, 6.45) is 0.596. The normalized spacial score (nSPS) is 33.6. The molecule has 0 N–H and O–H groups in total. The van der Waals surface area contributed by atoms with Gasteiger partial charge in [-0.1, -0.05) is 0 Å². The monoisotopic (exact) mass is 228 g/mol. The molecule has 90 valence electrons. The van der Waals surface area contributed by atoms with E-state index in [0.29, 0.717) is 0 Å². The number of rotatable bonds is 2. The molecular weight excluding hydrogens is 212 g/mol. The molecule has 6 heteroatoms. The molecule has 0 spiro atoms. The number of amides is 2. The van der Waals surface area contributed by atoms with Gasteiger partial charge in [-0.2, -0.15) is 0 Å². The molecule has 2 unspecified atom stereocenters. The first-order chi connectivity index (χ1) is 7.47. The Morgan fingerprint density at radius 3 is 1.50 bits per heavy atom. The zero-order valence-electron chi connectivity index (χ0n) is 9.51. The van der Waals surface area contributed by atoms with E-state index in [4.69, 9.17) is 0 Å². The Morgan fingerprint density at radius 1 is 1.00 bits per heavy atom. The van der Waals surface area contributed by atoms with Crippen LogP contribution in [0.2, 0.25) is 0 Å². The molecule has 0 radical (unpaired) electrons. The third-order valence-electron chi connectivity index (χ3n) is 3.44. The predicted octanol–water partition coefficient (Wildman–Crippen LogP) is -1.17. The zero-order valence-corrected chi connectivity index (χ0v) is 9.51. The Hall–Kier alpha value is -1.40. The Balaban J connectivity index is 3.36. The van der Waals surface area contributed by atoms with E-state index in [0.717, 1.165) is 0 Å². The molecule has 0 aliphatic carbocycles. The molecule has 1 heterocycles. The standard InChI is InChI=1S/C10H16N2O4/c1-3-11(9(13)14)7-5-6-8-12(11,4-2)10(15)16/h5-6H,3-4,7-8H2,1-2H3. The van der Waals surface area contributed by atoms with Gasteiger partial charge in [0, 0.05) is 0 Å². The van der Waals surface area contributed by atoms with Crippen LogP contribution in [0.25, 0.3) is 0 Å². The maximum Gasteiger partial charge on any atom is 0.308 e. The fourth-order valence-corrected chi connectivity index (χ4v) is 2.33. The quantitative estimate of drug-likeness (QED) is 0.440. The van der Waals surface area contributed by atoms with Gasteiger partial charge in [-0.15, -0.1) is 9.18 Å². The topological polar surface area (TPSA) is 80.3 Å². The SMILES string of the molecule is CC[N+]1(C(=O)[O-])CC=CC[N+]1(CC)C(=O)[O-]. The highest BCUT2D eigenvalue weighted by Crippen LogP contribution is 2.26. The fraction of sp³-hybridized carbons (Fsp3) is 0.600. The van der Waals surface area contributed by atoms with E-state index >= 15 is 0 Å². The number of nitrogens with zero attached hydrogens (tertiary/aromatic N) is 2. The average molecular weight is 228 g/mol. The van der Waals surface area contributed by atoms with Gasteiger partial charge in [-0.25, -0.2) is 0 Å². The molecule has 16 heavy (non-hydrogen) atoms. The van der Waals surface area contributed by atoms with E-state index in [-0.39, 0.29) is 26.2 Å². The first-order valence-electron chi connectivity index (χ1n) is 5.29. The van der Waals surface area contributed by atoms with Crippen molar-refractivity contribution in [3.63, 3.8) is 0 Å². The summed E-state index contributed by atoms with van der Waals surface area (Å²) in [5.41, 5.74) is 0. The van der Waals surface area contributed by atoms with Crippen molar-refractivity contribution in [2.24, 2.45) is 0 Å². The van der Waals surface area contributed by atoms with Crippen LogP contribution < -0.4 is 10.2 Å². The summed E-state index contributed by atoms with van der Waals surface area (Å²) in [6.45, 7) is 3.80. The molecule has 1 rings (SSSR count). The van der Waals surface area contributed by atoms with E-state index in [1.54, 1.807) is 26.0 Å². The first-order valence-corrected chi connectivity index (χ1v) is 5.29. The predicted molar refractivity (Wildman–Crippen MR) is 51.3 cm³/mol. The fourth-order valence-electron chi connectivity index (χ4n) is 2.33. The van der Waals surface area contributed by atoms with Gasteiger partial charge in [-0.05, 0) is 26.0 Å². The molecule has 0 saturated carbocycles. The van der Waals surface area contributed by atoms with Crippen molar-refractivity contribution in [3.05, 3.63) is 12.2 Å². The van der Waals surface area contributed by atoms with Crippen LogP contribution in [-0.2, 0) is 0 Å². The van der Waals surface area contributed by atoms with Gasteiger partial charge in [0.2, 0.25) is 0 Å². The third-order valence-corrected chi connectivity index (χ3v) is 3.44. The third kappa shape index (κ3) is 1.42. The largest absolute Gasteiger partial charge is 0.495 e. The lowest BCUT2D eigenvalue weighted by atomic mass is 10.3. The minimum Gasteiger partial charge on any atom is -0.495 e. The minimum absolute atomic E-state index is 0.112. The molecule has 1 aliphatic rings. The van der Waals surface area contributed by atoms with Crippen molar-refractivity contribution in [1.29, 1.82) is 0 Å². The van der Waals surface area contributed by atoms with Crippen LogP contribution in [-0.4, -0.2) is 47.5 Å². The van der Waals surface area contributed by atoms with Gasteiger partial charge in [-0.3, -0.25) is 0 Å². The molecule has 1 aliphatic heterocycles. The Kier molecular flexibility index (Phi) is 3.35. The highest BCUT2D eigenvalue weighted by atomic mass is 16.4. The van der Waals surface area contributed by atoms with Crippen molar-refractivity contribution >= 4 is 12.2 Å². The molecule has 0 aromatic rings. The van der Waals surface area contributed by atoms with Crippen LogP contribution in [0.1, 0.15) is 13.8 Å². The maximum atomic E-state index is 11.3. The number of carboxylic acid groups (broad SMARTS) is 2. The molecule has 0 saturated heterocycles. The van der Waals surface area contributed by atoms with Crippen molar-refractivity contribution in [2.45, 2.75) is 13.8 Å². The Labute approximate surface area is 94.1 Å². The van der Waals surface area contributed by atoms with Gasteiger partial charge >= 0.3 is 12.2 Å².